The van der Waals surface area contributed by atoms with Crippen LogP contribution in [0.15, 0.2) is 24.9 Å². The zero-order chi connectivity index (χ0) is 17.8. The fourth-order valence-corrected chi connectivity index (χ4v) is 4.15. The summed E-state index contributed by atoms with van der Waals surface area (Å²) in [6.45, 7) is 2.38. The largest absolute Gasteiger partial charge is 0.324 e. The smallest absolute Gasteiger partial charge is 0.323 e. The van der Waals surface area contributed by atoms with Crippen LogP contribution in [0.5, 0.6) is 0 Å². The highest BCUT2D eigenvalue weighted by molar-refractivity contribution is 5.88. The predicted octanol–water partition coefficient (Wildman–Crippen LogP) is 2.92. The molecule has 0 bridgehead atoms. The molecule has 1 aliphatic carbocycles. The number of anilines is 1. The molecule has 8 heteroatoms. The second-order valence-electron chi connectivity index (χ2n) is 7.46. The molecule has 8 nitrogen and oxygen atoms in total. The molecule has 1 saturated carbocycles. The van der Waals surface area contributed by atoms with Gasteiger partial charge in [-0.05, 0) is 31.6 Å². The summed E-state index contributed by atoms with van der Waals surface area (Å²) in [6, 6.07) is 2.24. The number of hydrogen-bond acceptors (Lipinski definition) is 4. The first-order valence-corrected chi connectivity index (χ1v) is 9.71. The summed E-state index contributed by atoms with van der Waals surface area (Å²) in [4.78, 5) is 14.5. The van der Waals surface area contributed by atoms with Crippen LogP contribution in [0.3, 0.4) is 0 Å². The average Bonchev–Trinajstić information content (AvgIpc) is 3.35. The lowest BCUT2D eigenvalue weighted by Crippen LogP contribution is -2.41. The minimum atomic E-state index is -0.0300. The number of hydrogen-bond donors (Lipinski definition) is 1. The van der Waals surface area contributed by atoms with Gasteiger partial charge in [0.1, 0.15) is 18.5 Å². The predicted molar refractivity (Wildman–Crippen MR) is 97.7 cm³/mol. The highest BCUT2D eigenvalue weighted by Crippen LogP contribution is 2.26. The van der Waals surface area contributed by atoms with Gasteiger partial charge < -0.3 is 9.47 Å². The molecule has 2 fully saturated rings. The molecular weight excluding hydrogens is 330 g/mol. The minimum absolute atomic E-state index is 0.0300. The van der Waals surface area contributed by atoms with Crippen molar-refractivity contribution in [2.24, 2.45) is 5.92 Å². The van der Waals surface area contributed by atoms with Crippen molar-refractivity contribution < 1.29 is 4.79 Å². The van der Waals surface area contributed by atoms with Crippen molar-refractivity contribution in [2.75, 3.05) is 18.4 Å². The maximum Gasteiger partial charge on any atom is 0.323 e. The van der Waals surface area contributed by atoms with E-state index in [2.05, 4.69) is 20.6 Å². The van der Waals surface area contributed by atoms with E-state index in [4.69, 9.17) is 0 Å². The number of urea groups is 1. The molecule has 2 aromatic heterocycles. The van der Waals surface area contributed by atoms with Crippen LogP contribution in [0.1, 0.15) is 51.0 Å². The van der Waals surface area contributed by atoms with Crippen LogP contribution in [0.2, 0.25) is 0 Å². The van der Waals surface area contributed by atoms with Gasteiger partial charge in [-0.3, -0.25) is 5.32 Å². The van der Waals surface area contributed by atoms with E-state index >= 15 is 0 Å². The van der Waals surface area contributed by atoms with Crippen molar-refractivity contribution in [3.8, 4) is 0 Å². The first-order chi connectivity index (χ1) is 12.8. The third-order valence-electron chi connectivity index (χ3n) is 5.72. The Labute approximate surface area is 153 Å². The van der Waals surface area contributed by atoms with Crippen LogP contribution >= 0.6 is 0 Å². The zero-order valence-electron chi connectivity index (χ0n) is 15.1. The number of rotatable bonds is 4. The maximum atomic E-state index is 12.6. The quantitative estimate of drug-likeness (QED) is 0.912. The summed E-state index contributed by atoms with van der Waals surface area (Å²) in [5, 5.41) is 15.2. The Kier molecular flexibility index (Phi) is 5.17. The van der Waals surface area contributed by atoms with Crippen molar-refractivity contribution >= 4 is 11.8 Å². The van der Waals surface area contributed by atoms with E-state index in [1.807, 2.05) is 20.2 Å². The first kappa shape index (κ1) is 17.1. The molecular formula is C18H27N7O. The van der Waals surface area contributed by atoms with Gasteiger partial charge in [-0.2, -0.15) is 5.10 Å². The van der Waals surface area contributed by atoms with E-state index in [1.54, 1.807) is 18.9 Å². The summed E-state index contributed by atoms with van der Waals surface area (Å²) < 4.78 is 3.99. The van der Waals surface area contributed by atoms with Gasteiger partial charge in [0.05, 0.1) is 6.20 Å². The van der Waals surface area contributed by atoms with Gasteiger partial charge in [0.2, 0.25) is 0 Å². The van der Waals surface area contributed by atoms with E-state index in [-0.39, 0.29) is 6.03 Å². The van der Waals surface area contributed by atoms with Gasteiger partial charge in [0, 0.05) is 31.7 Å². The molecule has 3 heterocycles. The highest BCUT2D eigenvalue weighted by Gasteiger charge is 2.24. The SMILES string of the molecule is O=C(Nc1ccnn1CC1CCCCC1)N1CCC(n2cnnc2)CC1. The molecule has 1 saturated heterocycles. The number of amides is 2. The second kappa shape index (κ2) is 7.88. The van der Waals surface area contributed by atoms with Crippen LogP contribution in [-0.2, 0) is 6.54 Å². The fourth-order valence-electron chi connectivity index (χ4n) is 4.15. The zero-order valence-corrected chi connectivity index (χ0v) is 15.1. The number of likely N-dealkylation sites (tertiary alicyclic amines) is 1. The molecule has 4 rings (SSSR count). The Morgan fingerprint density at radius 2 is 1.81 bits per heavy atom. The van der Waals surface area contributed by atoms with E-state index < -0.39 is 0 Å². The molecule has 0 aromatic carbocycles. The monoisotopic (exact) mass is 357 g/mol. The molecule has 0 unspecified atom stereocenters. The summed E-state index contributed by atoms with van der Waals surface area (Å²) in [7, 11) is 0. The fraction of sp³-hybridized carbons (Fsp3) is 0.667. The first-order valence-electron chi connectivity index (χ1n) is 9.71. The van der Waals surface area contributed by atoms with Gasteiger partial charge in [-0.25, -0.2) is 9.48 Å². The molecule has 1 N–H and O–H groups in total. The molecule has 140 valence electrons. The third kappa shape index (κ3) is 3.89. The molecule has 0 atom stereocenters. The Morgan fingerprint density at radius 3 is 2.54 bits per heavy atom. The lowest BCUT2D eigenvalue weighted by atomic mass is 9.89. The number of nitrogens with zero attached hydrogens (tertiary/aromatic N) is 6. The maximum absolute atomic E-state index is 12.6. The summed E-state index contributed by atoms with van der Waals surface area (Å²) in [6.07, 6.45) is 13.6. The molecule has 0 spiro atoms. The van der Waals surface area contributed by atoms with Crippen molar-refractivity contribution in [1.82, 2.24) is 29.4 Å². The number of aromatic nitrogens is 5. The molecule has 26 heavy (non-hydrogen) atoms. The summed E-state index contributed by atoms with van der Waals surface area (Å²) in [5.74, 6) is 1.49. The third-order valence-corrected chi connectivity index (χ3v) is 5.72. The van der Waals surface area contributed by atoms with Crippen LogP contribution in [0.4, 0.5) is 10.6 Å². The van der Waals surface area contributed by atoms with Crippen LogP contribution in [0.25, 0.3) is 0 Å². The lowest BCUT2D eigenvalue weighted by Gasteiger charge is -2.32. The van der Waals surface area contributed by atoms with E-state index in [9.17, 15) is 4.79 Å². The van der Waals surface area contributed by atoms with Crippen LogP contribution < -0.4 is 5.32 Å². The molecule has 0 radical (unpaired) electrons. The van der Waals surface area contributed by atoms with Crippen LogP contribution in [0, 0.1) is 5.92 Å². The van der Waals surface area contributed by atoms with Gasteiger partial charge in [0.25, 0.3) is 0 Å². The van der Waals surface area contributed by atoms with Gasteiger partial charge >= 0.3 is 6.03 Å². The number of nitrogens with one attached hydrogen (secondary N) is 1. The number of carbonyl (C=O) groups excluding carboxylic acids is 1. The summed E-state index contributed by atoms with van der Waals surface area (Å²) in [5.41, 5.74) is 0. The van der Waals surface area contributed by atoms with Crippen LogP contribution in [-0.4, -0.2) is 48.6 Å². The lowest BCUT2D eigenvalue weighted by molar-refractivity contribution is 0.183. The number of piperidine rings is 1. The standard InChI is InChI=1S/C18H27N7O/c26-18(23-10-7-16(8-11-23)24-13-19-20-14-24)22-17-6-9-21-25(17)12-15-4-2-1-3-5-15/h6,9,13-16H,1-5,7-8,10-12H2,(H,22,26). The van der Waals surface area contributed by atoms with Crippen molar-refractivity contribution in [2.45, 2.75) is 57.5 Å². The van der Waals surface area contributed by atoms with E-state index in [0.29, 0.717) is 12.0 Å². The van der Waals surface area contributed by atoms with Gasteiger partial charge in [-0.1, -0.05) is 19.3 Å². The molecule has 1 aliphatic heterocycles. The second-order valence-corrected chi connectivity index (χ2v) is 7.46. The average molecular weight is 357 g/mol. The molecule has 2 aromatic rings. The van der Waals surface area contributed by atoms with Gasteiger partial charge in [-0.15, -0.1) is 10.2 Å². The minimum Gasteiger partial charge on any atom is -0.324 e. The van der Waals surface area contributed by atoms with Crippen molar-refractivity contribution in [3.63, 3.8) is 0 Å². The van der Waals surface area contributed by atoms with Gasteiger partial charge in [0.15, 0.2) is 0 Å². The Hall–Kier alpha value is -2.38. The normalized spacial score (nSPS) is 19.6. The Balaban J connectivity index is 1.30. The van der Waals surface area contributed by atoms with Crippen molar-refractivity contribution in [1.29, 1.82) is 0 Å². The molecule has 2 amide bonds. The Bertz CT molecular complexity index is 697. The van der Waals surface area contributed by atoms with E-state index in [0.717, 1.165) is 38.3 Å². The Morgan fingerprint density at radius 1 is 1.08 bits per heavy atom. The highest BCUT2D eigenvalue weighted by atomic mass is 16.2. The van der Waals surface area contributed by atoms with E-state index in [1.165, 1.54) is 32.1 Å². The molecule has 2 aliphatic rings. The van der Waals surface area contributed by atoms with Crippen molar-refractivity contribution in [3.05, 3.63) is 24.9 Å². The number of carbonyl (C=O) groups is 1. The topological polar surface area (TPSA) is 80.9 Å². The summed E-state index contributed by atoms with van der Waals surface area (Å²) >= 11 is 0.